The van der Waals surface area contributed by atoms with Gasteiger partial charge in [-0.25, -0.2) is 0 Å². The van der Waals surface area contributed by atoms with E-state index in [-0.39, 0.29) is 17.7 Å². The number of carbonyl (C=O) groups excluding carboxylic acids is 1. The van der Waals surface area contributed by atoms with E-state index >= 15 is 0 Å². The van der Waals surface area contributed by atoms with Crippen LogP contribution in [0.4, 0.5) is 0 Å². The Hall–Kier alpha value is -1.75. The van der Waals surface area contributed by atoms with E-state index in [2.05, 4.69) is 5.32 Å². The summed E-state index contributed by atoms with van der Waals surface area (Å²) in [6, 6.07) is 3.55. The normalized spacial score (nSPS) is 11.9. The average Bonchev–Trinajstić information content (AvgIpc) is 2.20. The van der Waals surface area contributed by atoms with Gasteiger partial charge in [0, 0.05) is 11.1 Å². The third-order valence-electron chi connectivity index (χ3n) is 2.06. The number of hydrogen-bond donors (Lipinski definition) is 3. The number of halogens is 1. The van der Waals surface area contributed by atoms with E-state index < -0.39 is 17.9 Å². The lowest BCUT2D eigenvalue weighted by molar-refractivity contribution is -0.137. The van der Waals surface area contributed by atoms with E-state index in [1.165, 1.54) is 18.2 Å². The van der Waals surface area contributed by atoms with Gasteiger partial charge in [-0.1, -0.05) is 11.6 Å². The highest BCUT2D eigenvalue weighted by Crippen LogP contribution is 2.21. The summed E-state index contributed by atoms with van der Waals surface area (Å²) >= 11 is 5.70. The van der Waals surface area contributed by atoms with Gasteiger partial charge in [0.05, 0.1) is 12.0 Å². The van der Waals surface area contributed by atoms with Crippen LogP contribution in [0.5, 0.6) is 5.75 Å². The van der Waals surface area contributed by atoms with Gasteiger partial charge in [0.15, 0.2) is 0 Å². The Bertz CT molecular complexity index is 447. The zero-order chi connectivity index (χ0) is 13.0. The summed E-state index contributed by atoms with van der Waals surface area (Å²) in [7, 11) is 0. The number of aliphatic carboxylic acids is 1. The maximum atomic E-state index is 11.7. The number of phenols is 1. The molecule has 1 rings (SSSR count). The largest absolute Gasteiger partial charge is 0.507 e. The van der Waals surface area contributed by atoms with Crippen LogP contribution >= 0.6 is 11.6 Å². The number of carboxylic acids is 1. The van der Waals surface area contributed by atoms with Crippen LogP contribution < -0.4 is 5.32 Å². The Labute approximate surface area is 103 Å². The predicted octanol–water partition coefficient (Wildman–Crippen LogP) is 1.64. The van der Waals surface area contributed by atoms with E-state index in [0.717, 1.165) is 0 Å². The van der Waals surface area contributed by atoms with Gasteiger partial charge in [-0.15, -0.1) is 0 Å². The van der Waals surface area contributed by atoms with Crippen LogP contribution in [0.25, 0.3) is 0 Å². The van der Waals surface area contributed by atoms with Crippen LogP contribution in [0.3, 0.4) is 0 Å². The molecule has 5 nitrogen and oxygen atoms in total. The minimum Gasteiger partial charge on any atom is -0.507 e. The van der Waals surface area contributed by atoms with Crippen LogP contribution in [0.1, 0.15) is 23.7 Å². The highest BCUT2D eigenvalue weighted by Gasteiger charge is 2.15. The number of nitrogens with one attached hydrogen (secondary N) is 1. The number of carboxylic acid groups (broad SMARTS) is 1. The molecule has 0 aliphatic heterocycles. The maximum Gasteiger partial charge on any atom is 0.305 e. The SMILES string of the molecule is CC(CC(=O)O)NC(=O)c1cc(Cl)ccc1O. The maximum absolute atomic E-state index is 11.7. The summed E-state index contributed by atoms with van der Waals surface area (Å²) < 4.78 is 0. The van der Waals surface area contributed by atoms with Crippen LogP contribution in [-0.2, 0) is 4.79 Å². The summed E-state index contributed by atoms with van der Waals surface area (Å²) in [5, 5.41) is 20.8. The van der Waals surface area contributed by atoms with Gasteiger partial charge in [0.25, 0.3) is 5.91 Å². The third-order valence-corrected chi connectivity index (χ3v) is 2.30. The molecule has 0 aromatic heterocycles. The van der Waals surface area contributed by atoms with E-state index in [0.29, 0.717) is 5.02 Å². The second kappa shape index (κ2) is 5.54. The van der Waals surface area contributed by atoms with Crippen molar-refractivity contribution in [3.8, 4) is 5.75 Å². The molecule has 0 bridgehead atoms. The van der Waals surface area contributed by atoms with Crippen LogP contribution in [-0.4, -0.2) is 28.1 Å². The van der Waals surface area contributed by atoms with Crippen molar-refractivity contribution in [3.63, 3.8) is 0 Å². The van der Waals surface area contributed by atoms with Crippen molar-refractivity contribution in [3.05, 3.63) is 28.8 Å². The molecule has 17 heavy (non-hydrogen) atoms. The fraction of sp³-hybridized carbons (Fsp3) is 0.273. The molecule has 3 N–H and O–H groups in total. The molecule has 0 heterocycles. The molecule has 0 aliphatic carbocycles. The molecule has 1 aromatic carbocycles. The van der Waals surface area contributed by atoms with Crippen molar-refractivity contribution < 1.29 is 19.8 Å². The van der Waals surface area contributed by atoms with Gasteiger partial charge in [-0.3, -0.25) is 9.59 Å². The Balaban J connectivity index is 2.76. The van der Waals surface area contributed by atoms with Gasteiger partial charge < -0.3 is 15.5 Å². The number of amides is 1. The molecule has 0 radical (unpaired) electrons. The van der Waals surface area contributed by atoms with Crippen molar-refractivity contribution in [2.24, 2.45) is 0 Å². The lowest BCUT2D eigenvalue weighted by atomic mass is 10.1. The third kappa shape index (κ3) is 3.96. The molecule has 0 spiro atoms. The molecule has 92 valence electrons. The molecule has 1 atom stereocenters. The van der Waals surface area contributed by atoms with Crippen LogP contribution in [0.15, 0.2) is 18.2 Å². The zero-order valence-corrected chi connectivity index (χ0v) is 9.86. The van der Waals surface area contributed by atoms with Gasteiger partial charge in [-0.05, 0) is 25.1 Å². The van der Waals surface area contributed by atoms with E-state index in [1.807, 2.05) is 0 Å². The molecule has 1 aromatic rings. The highest BCUT2D eigenvalue weighted by molar-refractivity contribution is 6.31. The second-order valence-corrected chi connectivity index (χ2v) is 4.07. The zero-order valence-electron chi connectivity index (χ0n) is 9.11. The van der Waals surface area contributed by atoms with Crippen LogP contribution in [0, 0.1) is 0 Å². The molecule has 0 saturated heterocycles. The Morgan fingerprint density at radius 2 is 2.12 bits per heavy atom. The number of hydrogen-bond acceptors (Lipinski definition) is 3. The first-order valence-corrected chi connectivity index (χ1v) is 5.29. The quantitative estimate of drug-likeness (QED) is 0.765. The highest BCUT2D eigenvalue weighted by atomic mass is 35.5. The summed E-state index contributed by atoms with van der Waals surface area (Å²) in [6.45, 7) is 1.56. The topological polar surface area (TPSA) is 86.6 Å². The van der Waals surface area contributed by atoms with Gasteiger partial charge in [0.2, 0.25) is 0 Å². The summed E-state index contributed by atoms with van der Waals surface area (Å²) in [5.41, 5.74) is 0.0229. The molecule has 6 heteroatoms. The van der Waals surface area contributed by atoms with E-state index in [9.17, 15) is 14.7 Å². The molecule has 1 unspecified atom stereocenters. The van der Waals surface area contributed by atoms with Crippen molar-refractivity contribution in [2.45, 2.75) is 19.4 Å². The molecule has 0 aliphatic rings. The van der Waals surface area contributed by atoms with Gasteiger partial charge >= 0.3 is 5.97 Å². The molecular formula is C11H12ClNO4. The number of benzene rings is 1. The van der Waals surface area contributed by atoms with Crippen molar-refractivity contribution in [1.82, 2.24) is 5.32 Å². The number of aromatic hydroxyl groups is 1. The average molecular weight is 258 g/mol. The van der Waals surface area contributed by atoms with Crippen molar-refractivity contribution >= 4 is 23.5 Å². The standard InChI is InChI=1S/C11H12ClNO4/c1-6(4-10(15)16)13-11(17)8-5-7(12)2-3-9(8)14/h2-3,5-6,14H,4H2,1H3,(H,13,17)(H,15,16). The smallest absolute Gasteiger partial charge is 0.305 e. The number of phenolic OH excluding ortho intramolecular Hbond substituents is 1. The number of carbonyl (C=O) groups is 2. The monoisotopic (exact) mass is 257 g/mol. The predicted molar refractivity (Wildman–Crippen MR) is 62.3 cm³/mol. The van der Waals surface area contributed by atoms with Crippen molar-refractivity contribution in [2.75, 3.05) is 0 Å². The van der Waals surface area contributed by atoms with Gasteiger partial charge in [-0.2, -0.15) is 0 Å². The molecule has 0 saturated carbocycles. The first-order chi connectivity index (χ1) is 7.90. The Kier molecular flexibility index (Phi) is 4.34. The van der Waals surface area contributed by atoms with Crippen molar-refractivity contribution in [1.29, 1.82) is 0 Å². The van der Waals surface area contributed by atoms with Gasteiger partial charge in [0.1, 0.15) is 5.75 Å². The Morgan fingerprint density at radius 1 is 1.47 bits per heavy atom. The number of rotatable bonds is 4. The first-order valence-electron chi connectivity index (χ1n) is 4.91. The fourth-order valence-electron chi connectivity index (χ4n) is 1.30. The van der Waals surface area contributed by atoms with E-state index in [1.54, 1.807) is 6.92 Å². The molecule has 1 amide bonds. The first kappa shape index (κ1) is 13.3. The summed E-state index contributed by atoms with van der Waals surface area (Å²) in [5.74, 6) is -1.76. The fourth-order valence-corrected chi connectivity index (χ4v) is 1.48. The summed E-state index contributed by atoms with van der Waals surface area (Å²) in [4.78, 5) is 22.1. The second-order valence-electron chi connectivity index (χ2n) is 3.63. The molecular weight excluding hydrogens is 246 g/mol. The Morgan fingerprint density at radius 3 is 2.71 bits per heavy atom. The molecule has 0 fully saturated rings. The lowest BCUT2D eigenvalue weighted by Gasteiger charge is -2.12. The lowest BCUT2D eigenvalue weighted by Crippen LogP contribution is -2.34. The van der Waals surface area contributed by atoms with E-state index in [4.69, 9.17) is 16.7 Å². The van der Waals surface area contributed by atoms with Crippen LogP contribution in [0.2, 0.25) is 5.02 Å². The minimum absolute atomic E-state index is 0.0229. The summed E-state index contributed by atoms with van der Waals surface area (Å²) in [6.07, 6.45) is -0.187. The minimum atomic E-state index is -1.01.